The van der Waals surface area contributed by atoms with Crippen molar-refractivity contribution in [2.45, 2.75) is 56.7 Å². The molecule has 0 aromatic carbocycles. The van der Waals surface area contributed by atoms with E-state index < -0.39 is 12.0 Å². The standard InChI is InChI=1S/C11H19NO3/c1-8(10(13)14)12-9-3-6-15-11(7-9)4-2-5-11/h8-9,12H,2-7H2,1H3,(H,13,14). The van der Waals surface area contributed by atoms with E-state index in [1.807, 2.05) is 0 Å². The number of hydrogen-bond acceptors (Lipinski definition) is 3. The lowest BCUT2D eigenvalue weighted by molar-refractivity contribution is -0.145. The molecule has 0 aromatic heterocycles. The van der Waals surface area contributed by atoms with Gasteiger partial charge >= 0.3 is 5.97 Å². The fourth-order valence-corrected chi connectivity index (χ4v) is 2.51. The van der Waals surface area contributed by atoms with Crippen LogP contribution < -0.4 is 5.32 Å². The summed E-state index contributed by atoms with van der Waals surface area (Å²) in [6.07, 6.45) is 5.45. The highest BCUT2D eigenvalue weighted by atomic mass is 16.5. The maximum atomic E-state index is 10.7. The first-order valence-electron chi connectivity index (χ1n) is 5.74. The number of carboxylic acid groups (broad SMARTS) is 1. The van der Waals surface area contributed by atoms with Crippen LogP contribution in [-0.4, -0.2) is 35.4 Å². The maximum Gasteiger partial charge on any atom is 0.320 e. The van der Waals surface area contributed by atoms with E-state index in [0.29, 0.717) is 6.04 Å². The van der Waals surface area contributed by atoms with E-state index in [9.17, 15) is 4.79 Å². The van der Waals surface area contributed by atoms with Gasteiger partial charge in [0.1, 0.15) is 6.04 Å². The van der Waals surface area contributed by atoms with Gasteiger partial charge in [0.05, 0.1) is 5.60 Å². The molecule has 2 unspecified atom stereocenters. The van der Waals surface area contributed by atoms with Crippen molar-refractivity contribution in [2.24, 2.45) is 0 Å². The molecule has 86 valence electrons. The van der Waals surface area contributed by atoms with Crippen molar-refractivity contribution in [3.63, 3.8) is 0 Å². The molecule has 0 bridgehead atoms. The third-order valence-electron chi connectivity index (χ3n) is 3.61. The zero-order chi connectivity index (χ0) is 10.9. The molecule has 2 atom stereocenters. The Balaban J connectivity index is 1.85. The van der Waals surface area contributed by atoms with Crippen molar-refractivity contribution < 1.29 is 14.6 Å². The van der Waals surface area contributed by atoms with Crippen LogP contribution in [0, 0.1) is 0 Å². The van der Waals surface area contributed by atoms with Crippen LogP contribution in [0.1, 0.15) is 39.0 Å². The number of aliphatic carboxylic acids is 1. The van der Waals surface area contributed by atoms with Crippen molar-refractivity contribution in [3.8, 4) is 0 Å². The van der Waals surface area contributed by atoms with Gasteiger partial charge in [-0.3, -0.25) is 4.79 Å². The Bertz CT molecular complexity index is 250. The second kappa shape index (κ2) is 4.10. The first-order valence-corrected chi connectivity index (χ1v) is 5.74. The van der Waals surface area contributed by atoms with Gasteiger partial charge < -0.3 is 15.2 Å². The smallest absolute Gasteiger partial charge is 0.320 e. The van der Waals surface area contributed by atoms with Crippen LogP contribution in [-0.2, 0) is 9.53 Å². The van der Waals surface area contributed by atoms with Gasteiger partial charge in [0.2, 0.25) is 0 Å². The summed E-state index contributed by atoms with van der Waals surface area (Å²) in [5.41, 5.74) is 0.0914. The Morgan fingerprint density at radius 3 is 2.87 bits per heavy atom. The monoisotopic (exact) mass is 213 g/mol. The van der Waals surface area contributed by atoms with Gasteiger partial charge in [-0.2, -0.15) is 0 Å². The summed E-state index contributed by atoms with van der Waals surface area (Å²) in [6.45, 7) is 2.47. The van der Waals surface area contributed by atoms with Gasteiger partial charge in [0.15, 0.2) is 0 Å². The zero-order valence-electron chi connectivity index (χ0n) is 9.16. The third kappa shape index (κ3) is 2.32. The molecule has 15 heavy (non-hydrogen) atoms. The fourth-order valence-electron chi connectivity index (χ4n) is 2.51. The van der Waals surface area contributed by atoms with Gasteiger partial charge in [-0.15, -0.1) is 0 Å². The van der Waals surface area contributed by atoms with Crippen molar-refractivity contribution in [2.75, 3.05) is 6.61 Å². The summed E-state index contributed by atoms with van der Waals surface area (Å²) >= 11 is 0. The molecule has 2 fully saturated rings. The summed E-state index contributed by atoms with van der Waals surface area (Å²) in [7, 11) is 0. The molecule has 1 aliphatic carbocycles. The summed E-state index contributed by atoms with van der Waals surface area (Å²) in [5, 5.41) is 12.0. The Morgan fingerprint density at radius 1 is 1.60 bits per heavy atom. The van der Waals surface area contributed by atoms with E-state index in [0.717, 1.165) is 32.3 Å². The molecule has 1 spiro atoms. The number of hydrogen-bond donors (Lipinski definition) is 2. The molecule has 2 aliphatic rings. The van der Waals surface area contributed by atoms with Crippen LogP contribution >= 0.6 is 0 Å². The molecule has 1 saturated carbocycles. The highest BCUT2D eigenvalue weighted by Gasteiger charge is 2.42. The molecular weight excluding hydrogens is 194 g/mol. The number of rotatable bonds is 3. The summed E-state index contributed by atoms with van der Waals surface area (Å²) in [5.74, 6) is -0.774. The van der Waals surface area contributed by atoms with Crippen LogP contribution in [0.4, 0.5) is 0 Å². The quantitative estimate of drug-likeness (QED) is 0.738. The van der Waals surface area contributed by atoms with Crippen molar-refractivity contribution in [1.82, 2.24) is 5.32 Å². The lowest BCUT2D eigenvalue weighted by atomic mass is 9.74. The van der Waals surface area contributed by atoms with Crippen LogP contribution in [0.2, 0.25) is 0 Å². The molecule has 2 N–H and O–H groups in total. The van der Waals surface area contributed by atoms with E-state index >= 15 is 0 Å². The first kappa shape index (κ1) is 10.9. The Kier molecular flexibility index (Phi) is 2.98. The molecule has 0 radical (unpaired) electrons. The summed E-state index contributed by atoms with van der Waals surface area (Å²) < 4.78 is 5.79. The first-order chi connectivity index (χ1) is 7.11. The van der Waals surface area contributed by atoms with E-state index in [-0.39, 0.29) is 5.60 Å². The SMILES string of the molecule is CC(NC1CCOC2(CCC2)C1)C(=O)O. The molecule has 0 aromatic rings. The highest BCUT2D eigenvalue weighted by molar-refractivity contribution is 5.72. The molecule has 1 aliphatic heterocycles. The zero-order valence-corrected chi connectivity index (χ0v) is 9.16. The second-order valence-corrected chi connectivity index (χ2v) is 4.80. The topological polar surface area (TPSA) is 58.6 Å². The predicted molar refractivity (Wildman–Crippen MR) is 55.8 cm³/mol. The molecule has 4 heteroatoms. The van der Waals surface area contributed by atoms with Gasteiger partial charge in [-0.1, -0.05) is 0 Å². The minimum absolute atomic E-state index is 0.0914. The molecule has 2 rings (SSSR count). The van der Waals surface area contributed by atoms with E-state index in [1.54, 1.807) is 6.92 Å². The van der Waals surface area contributed by atoms with Gasteiger partial charge in [0, 0.05) is 12.6 Å². The van der Waals surface area contributed by atoms with Gasteiger partial charge in [0.25, 0.3) is 0 Å². The Morgan fingerprint density at radius 2 is 2.33 bits per heavy atom. The van der Waals surface area contributed by atoms with Crippen LogP contribution in [0.15, 0.2) is 0 Å². The van der Waals surface area contributed by atoms with Crippen molar-refractivity contribution in [3.05, 3.63) is 0 Å². The van der Waals surface area contributed by atoms with Crippen molar-refractivity contribution in [1.29, 1.82) is 0 Å². The Hall–Kier alpha value is -0.610. The van der Waals surface area contributed by atoms with Crippen LogP contribution in [0.3, 0.4) is 0 Å². The second-order valence-electron chi connectivity index (χ2n) is 4.80. The third-order valence-corrected chi connectivity index (χ3v) is 3.61. The lowest BCUT2D eigenvalue weighted by Crippen LogP contribution is -2.53. The average Bonchev–Trinajstić information content (AvgIpc) is 2.15. The molecule has 1 heterocycles. The van der Waals surface area contributed by atoms with Crippen LogP contribution in [0.25, 0.3) is 0 Å². The van der Waals surface area contributed by atoms with Crippen LogP contribution in [0.5, 0.6) is 0 Å². The highest BCUT2D eigenvalue weighted by Crippen LogP contribution is 2.42. The molecule has 1 saturated heterocycles. The van der Waals surface area contributed by atoms with E-state index in [2.05, 4.69) is 5.32 Å². The van der Waals surface area contributed by atoms with Gasteiger partial charge in [-0.05, 0) is 39.0 Å². The van der Waals surface area contributed by atoms with E-state index in [4.69, 9.17) is 9.84 Å². The molecular formula is C11H19NO3. The predicted octanol–water partition coefficient (Wildman–Crippen LogP) is 1.15. The number of ether oxygens (including phenoxy) is 1. The number of nitrogens with one attached hydrogen (secondary N) is 1. The number of carbonyl (C=O) groups is 1. The minimum Gasteiger partial charge on any atom is -0.480 e. The minimum atomic E-state index is -0.774. The summed E-state index contributed by atoms with van der Waals surface area (Å²) in [6, 6.07) is -0.143. The normalized spacial score (nSPS) is 30.9. The van der Waals surface area contributed by atoms with Crippen molar-refractivity contribution >= 4 is 5.97 Å². The average molecular weight is 213 g/mol. The molecule has 0 amide bonds. The Labute approximate surface area is 90.0 Å². The lowest BCUT2D eigenvalue weighted by Gasteiger charge is -2.47. The van der Waals surface area contributed by atoms with E-state index in [1.165, 1.54) is 6.42 Å². The largest absolute Gasteiger partial charge is 0.480 e. The van der Waals surface area contributed by atoms with Gasteiger partial charge in [-0.25, -0.2) is 0 Å². The summed E-state index contributed by atoms with van der Waals surface area (Å²) in [4.78, 5) is 10.7. The maximum absolute atomic E-state index is 10.7. The number of carboxylic acids is 1. The fraction of sp³-hybridized carbons (Fsp3) is 0.909. The molecule has 4 nitrogen and oxygen atoms in total.